The Labute approximate surface area is 132 Å². The Hall–Kier alpha value is -1.77. The number of aliphatic hydroxyl groups excluding tert-OH is 1. The molecule has 1 aliphatic rings. The molecule has 1 fully saturated rings. The van der Waals surface area contributed by atoms with Crippen LogP contribution in [0.15, 0.2) is 6.20 Å². The van der Waals surface area contributed by atoms with Crippen molar-refractivity contribution in [3.8, 4) is 0 Å². The summed E-state index contributed by atoms with van der Waals surface area (Å²) in [6.07, 6.45) is 0.457. The predicted octanol–water partition coefficient (Wildman–Crippen LogP) is 2.50. The molecule has 0 unspecified atom stereocenters. The number of hydrogen-bond acceptors (Lipinski definition) is 3. The molecule has 0 saturated heterocycles. The first kappa shape index (κ1) is 17.6. The summed E-state index contributed by atoms with van der Waals surface area (Å²) in [6, 6.07) is -0.714. The van der Waals surface area contributed by atoms with Gasteiger partial charge in [-0.05, 0) is 25.2 Å². The minimum atomic E-state index is -4.63. The van der Waals surface area contributed by atoms with E-state index in [0.29, 0.717) is 13.0 Å². The van der Waals surface area contributed by atoms with E-state index in [0.717, 1.165) is 36.6 Å². The van der Waals surface area contributed by atoms with Crippen molar-refractivity contribution < 1.29 is 23.1 Å². The van der Waals surface area contributed by atoms with Crippen LogP contribution in [0.3, 0.4) is 0 Å². The van der Waals surface area contributed by atoms with E-state index in [-0.39, 0.29) is 17.7 Å². The quantitative estimate of drug-likeness (QED) is 0.791. The van der Waals surface area contributed by atoms with Crippen LogP contribution in [0.2, 0.25) is 0 Å². The number of aryl methyl sites for hydroxylation is 1. The summed E-state index contributed by atoms with van der Waals surface area (Å²) in [7, 11) is 1.35. The van der Waals surface area contributed by atoms with Gasteiger partial charge in [-0.2, -0.15) is 18.3 Å². The van der Waals surface area contributed by atoms with Gasteiger partial charge in [0.25, 0.3) is 0 Å². The fraction of sp³-hybridized carbons (Fsp3) is 0.714. The number of amides is 2. The minimum absolute atomic E-state index is 0.133. The van der Waals surface area contributed by atoms with Crippen molar-refractivity contribution in [1.29, 1.82) is 0 Å². The first-order valence-electron chi connectivity index (χ1n) is 7.61. The lowest BCUT2D eigenvalue weighted by molar-refractivity contribution is -0.140. The molecular formula is C14H21F3N4O2. The molecule has 0 bridgehead atoms. The van der Waals surface area contributed by atoms with Crippen LogP contribution in [0.5, 0.6) is 0 Å². The molecule has 2 amide bonds. The summed E-state index contributed by atoms with van der Waals surface area (Å²) in [5, 5.41) is 17.8. The lowest BCUT2D eigenvalue weighted by atomic mass is 9.84. The van der Waals surface area contributed by atoms with E-state index in [1.807, 2.05) is 0 Å². The molecule has 6 nitrogen and oxygen atoms in total. The molecule has 130 valence electrons. The van der Waals surface area contributed by atoms with Gasteiger partial charge in [0.05, 0.1) is 11.8 Å². The van der Waals surface area contributed by atoms with Crippen LogP contribution in [-0.4, -0.2) is 33.6 Å². The summed E-state index contributed by atoms with van der Waals surface area (Å²) in [5.41, 5.74) is -1.51. The Morgan fingerprint density at radius 2 is 2.13 bits per heavy atom. The maximum absolute atomic E-state index is 12.8. The van der Waals surface area contributed by atoms with Crippen LogP contribution in [-0.2, 0) is 13.2 Å². The average molecular weight is 334 g/mol. The number of hydrogen-bond donors (Lipinski definition) is 3. The molecule has 2 atom stereocenters. The molecule has 0 aliphatic heterocycles. The maximum atomic E-state index is 12.8. The molecule has 23 heavy (non-hydrogen) atoms. The molecule has 2 rings (SSSR count). The van der Waals surface area contributed by atoms with Crippen molar-refractivity contribution in [2.24, 2.45) is 13.0 Å². The predicted molar refractivity (Wildman–Crippen MR) is 77.8 cm³/mol. The number of rotatable bonds is 4. The third kappa shape index (κ3) is 4.85. The number of anilines is 1. The summed E-state index contributed by atoms with van der Waals surface area (Å²) < 4.78 is 39.3. The van der Waals surface area contributed by atoms with E-state index in [4.69, 9.17) is 0 Å². The van der Waals surface area contributed by atoms with Gasteiger partial charge in [0.2, 0.25) is 0 Å². The van der Waals surface area contributed by atoms with E-state index in [9.17, 15) is 23.1 Å². The Balaban J connectivity index is 1.83. The zero-order valence-electron chi connectivity index (χ0n) is 12.9. The van der Waals surface area contributed by atoms with E-state index in [1.54, 1.807) is 0 Å². The molecule has 3 N–H and O–H groups in total. The number of halogens is 3. The SMILES string of the molecule is Cn1cc(NC(=O)NCC[C@@H]2CCCC[C@@H]2O)c(C(F)(F)F)n1. The summed E-state index contributed by atoms with van der Waals surface area (Å²) in [5.74, 6) is 0.133. The smallest absolute Gasteiger partial charge is 0.393 e. The lowest BCUT2D eigenvalue weighted by Crippen LogP contribution is -2.33. The highest BCUT2D eigenvalue weighted by Crippen LogP contribution is 2.33. The first-order chi connectivity index (χ1) is 10.8. The number of urea groups is 1. The molecule has 1 aromatic rings. The van der Waals surface area contributed by atoms with Gasteiger partial charge in [0.1, 0.15) is 0 Å². The maximum Gasteiger partial charge on any atom is 0.437 e. The van der Waals surface area contributed by atoms with Gasteiger partial charge in [0, 0.05) is 19.8 Å². The number of alkyl halides is 3. The minimum Gasteiger partial charge on any atom is -0.393 e. The Bertz CT molecular complexity index is 545. The third-order valence-corrected chi connectivity index (χ3v) is 4.02. The van der Waals surface area contributed by atoms with E-state index >= 15 is 0 Å². The van der Waals surface area contributed by atoms with Crippen molar-refractivity contribution in [3.63, 3.8) is 0 Å². The molecule has 1 heterocycles. The summed E-state index contributed by atoms with van der Waals surface area (Å²) in [4.78, 5) is 11.7. The average Bonchev–Trinajstić information content (AvgIpc) is 2.82. The zero-order chi connectivity index (χ0) is 17.0. The fourth-order valence-corrected chi connectivity index (χ4v) is 2.85. The Morgan fingerprint density at radius 1 is 1.43 bits per heavy atom. The standard InChI is InChI=1S/C14H21F3N4O2/c1-21-8-10(12(20-21)14(15,16)17)19-13(23)18-7-6-9-4-2-3-5-11(9)22/h8-9,11,22H,2-7H2,1H3,(H2,18,19,23)/t9-,11-/m0/s1. The molecule has 1 aromatic heterocycles. The van der Waals surface area contributed by atoms with Crippen molar-refractivity contribution in [1.82, 2.24) is 15.1 Å². The van der Waals surface area contributed by atoms with Gasteiger partial charge in [-0.1, -0.05) is 12.8 Å². The van der Waals surface area contributed by atoms with Crippen molar-refractivity contribution >= 4 is 11.7 Å². The van der Waals surface area contributed by atoms with Crippen LogP contribution < -0.4 is 10.6 Å². The number of aliphatic hydroxyl groups is 1. The molecular weight excluding hydrogens is 313 g/mol. The third-order valence-electron chi connectivity index (χ3n) is 4.02. The highest BCUT2D eigenvalue weighted by atomic mass is 19.4. The molecule has 0 aromatic carbocycles. The van der Waals surface area contributed by atoms with Crippen LogP contribution in [0.4, 0.5) is 23.7 Å². The Morgan fingerprint density at radius 3 is 2.78 bits per heavy atom. The highest BCUT2D eigenvalue weighted by Gasteiger charge is 2.37. The highest BCUT2D eigenvalue weighted by molar-refractivity contribution is 5.89. The Kier molecular flexibility index (Phi) is 5.51. The van der Waals surface area contributed by atoms with Crippen LogP contribution in [0, 0.1) is 5.92 Å². The second-order valence-corrected chi connectivity index (χ2v) is 5.84. The van der Waals surface area contributed by atoms with Gasteiger partial charge >= 0.3 is 12.2 Å². The number of nitrogens with zero attached hydrogens (tertiary/aromatic N) is 2. The first-order valence-corrected chi connectivity index (χ1v) is 7.61. The fourth-order valence-electron chi connectivity index (χ4n) is 2.85. The van der Waals surface area contributed by atoms with Crippen molar-refractivity contribution in [2.75, 3.05) is 11.9 Å². The molecule has 9 heteroatoms. The van der Waals surface area contributed by atoms with E-state index < -0.39 is 17.9 Å². The van der Waals surface area contributed by atoms with Gasteiger partial charge in [-0.25, -0.2) is 4.79 Å². The van der Waals surface area contributed by atoms with Crippen LogP contribution >= 0.6 is 0 Å². The monoisotopic (exact) mass is 334 g/mol. The van der Waals surface area contributed by atoms with Crippen molar-refractivity contribution in [2.45, 2.75) is 44.4 Å². The topological polar surface area (TPSA) is 79.2 Å². The second-order valence-electron chi connectivity index (χ2n) is 5.84. The van der Waals surface area contributed by atoms with Gasteiger partial charge in [-0.15, -0.1) is 0 Å². The van der Waals surface area contributed by atoms with Gasteiger partial charge in [-0.3, -0.25) is 4.68 Å². The molecule has 1 saturated carbocycles. The molecule has 1 aliphatic carbocycles. The normalized spacial score (nSPS) is 22.0. The molecule has 0 radical (unpaired) electrons. The number of aromatic nitrogens is 2. The number of nitrogens with one attached hydrogen (secondary N) is 2. The van der Waals surface area contributed by atoms with Crippen LogP contribution in [0.25, 0.3) is 0 Å². The van der Waals surface area contributed by atoms with E-state index in [2.05, 4.69) is 15.7 Å². The van der Waals surface area contributed by atoms with Gasteiger partial charge < -0.3 is 15.7 Å². The summed E-state index contributed by atoms with van der Waals surface area (Å²) in [6.45, 7) is 0.301. The van der Waals surface area contributed by atoms with Gasteiger partial charge in [0.15, 0.2) is 5.69 Å². The number of carbonyl (C=O) groups excluding carboxylic acids is 1. The lowest BCUT2D eigenvalue weighted by Gasteiger charge is -2.27. The zero-order valence-corrected chi connectivity index (χ0v) is 12.9. The van der Waals surface area contributed by atoms with E-state index in [1.165, 1.54) is 7.05 Å². The largest absolute Gasteiger partial charge is 0.437 e. The summed E-state index contributed by atoms with van der Waals surface area (Å²) >= 11 is 0. The molecule has 0 spiro atoms. The second kappa shape index (κ2) is 7.20. The number of carbonyl (C=O) groups is 1. The van der Waals surface area contributed by atoms with Crippen LogP contribution in [0.1, 0.15) is 37.8 Å². The van der Waals surface area contributed by atoms with Crippen molar-refractivity contribution in [3.05, 3.63) is 11.9 Å².